The first-order chi connectivity index (χ1) is 19.2. The number of aliphatic hydroxyl groups is 3. The monoisotopic (exact) mass is 575 g/mol. The van der Waals surface area contributed by atoms with Crippen LogP contribution >= 0.6 is 0 Å². The fourth-order valence-corrected chi connectivity index (χ4v) is 9.16. The van der Waals surface area contributed by atoms with Crippen molar-refractivity contribution in [2.24, 2.45) is 28.6 Å². The second-order valence-electron chi connectivity index (χ2n) is 13.3. The Balaban J connectivity index is 1.21. The average molecular weight is 576 g/mol. The summed E-state index contributed by atoms with van der Waals surface area (Å²) in [7, 11) is 0. The molecule has 9 unspecified atom stereocenters. The van der Waals surface area contributed by atoms with Gasteiger partial charge in [0.15, 0.2) is 12.4 Å². The van der Waals surface area contributed by atoms with Gasteiger partial charge in [-0.25, -0.2) is 4.79 Å². The van der Waals surface area contributed by atoms with Crippen LogP contribution in [0.25, 0.3) is 0 Å². The maximum Gasteiger partial charge on any atom is 0.326 e. The van der Waals surface area contributed by atoms with Crippen molar-refractivity contribution < 1.29 is 49.1 Å². The molecule has 9 atom stereocenters. The average Bonchev–Trinajstić information content (AvgIpc) is 3.43. The Morgan fingerprint density at radius 3 is 2.51 bits per heavy atom. The summed E-state index contributed by atoms with van der Waals surface area (Å²) in [6, 6.07) is -1.15. The van der Waals surface area contributed by atoms with Crippen LogP contribution in [0.3, 0.4) is 0 Å². The molecule has 0 radical (unpaired) electrons. The number of aliphatic hydroxyl groups excluding tert-OH is 2. The first-order valence-electron chi connectivity index (χ1n) is 14.7. The Morgan fingerprint density at radius 1 is 1.07 bits per heavy atom. The third-order valence-electron chi connectivity index (χ3n) is 11.3. The molecule has 1 amide bonds. The first kappa shape index (κ1) is 29.8. The standard InChI is InChI=1S/C30H41NO10/c1-28-9-7-17(32)11-16(28)3-4-19-20-8-10-30(40,29(20,2)13-22(34)26(19)28)23(35)15-41-25(37)6-5-24(36)31-14-18(33)12-21(31)27(38)39/h11,18-22,26,33-34,40H,3-10,12-15H2,1-2H3,(H,38,39). The number of fused-ring (bicyclic) bond motifs is 5. The van der Waals surface area contributed by atoms with Gasteiger partial charge in [0, 0.05) is 31.2 Å². The lowest BCUT2D eigenvalue weighted by Gasteiger charge is -2.60. The molecule has 3 saturated carbocycles. The molecule has 0 aromatic heterocycles. The van der Waals surface area contributed by atoms with Crippen LogP contribution < -0.4 is 0 Å². The summed E-state index contributed by atoms with van der Waals surface area (Å²) in [5, 5.41) is 42.3. The molecule has 5 rings (SSSR count). The Hall–Kier alpha value is -2.63. The number of amides is 1. The summed E-state index contributed by atoms with van der Waals surface area (Å²) in [6.45, 7) is 3.20. The molecule has 11 heteroatoms. The summed E-state index contributed by atoms with van der Waals surface area (Å²) in [5.41, 5.74) is -1.86. The van der Waals surface area contributed by atoms with E-state index in [0.717, 1.165) is 23.3 Å². The number of hydrogen-bond donors (Lipinski definition) is 4. The van der Waals surface area contributed by atoms with E-state index in [1.54, 1.807) is 6.08 Å². The van der Waals surface area contributed by atoms with Crippen LogP contribution in [-0.4, -0.2) is 91.7 Å². The van der Waals surface area contributed by atoms with Gasteiger partial charge in [0.1, 0.15) is 11.6 Å². The molecule has 1 heterocycles. The van der Waals surface area contributed by atoms with Crippen molar-refractivity contribution in [3.63, 3.8) is 0 Å². The Kier molecular flexibility index (Phi) is 7.70. The van der Waals surface area contributed by atoms with Crippen LogP contribution in [0.2, 0.25) is 0 Å². The summed E-state index contributed by atoms with van der Waals surface area (Å²) in [6.07, 6.45) is 2.99. The second-order valence-corrected chi connectivity index (χ2v) is 13.3. The van der Waals surface area contributed by atoms with Crippen molar-refractivity contribution in [2.45, 2.75) is 102 Å². The zero-order valence-corrected chi connectivity index (χ0v) is 23.7. The van der Waals surface area contributed by atoms with Gasteiger partial charge in [-0.15, -0.1) is 0 Å². The molecule has 4 fully saturated rings. The number of hydrogen-bond acceptors (Lipinski definition) is 9. The van der Waals surface area contributed by atoms with E-state index in [1.165, 1.54) is 0 Å². The number of aliphatic carboxylic acids is 1. The van der Waals surface area contributed by atoms with Crippen LogP contribution in [0.15, 0.2) is 11.6 Å². The van der Waals surface area contributed by atoms with Gasteiger partial charge in [-0.2, -0.15) is 0 Å². The highest BCUT2D eigenvalue weighted by Gasteiger charge is 2.68. The molecule has 11 nitrogen and oxygen atoms in total. The second kappa shape index (κ2) is 10.6. The molecule has 5 aliphatic rings. The van der Waals surface area contributed by atoms with Gasteiger partial charge in [0.05, 0.1) is 18.6 Å². The zero-order valence-electron chi connectivity index (χ0n) is 23.7. The molecule has 0 bridgehead atoms. The first-order valence-corrected chi connectivity index (χ1v) is 14.7. The largest absolute Gasteiger partial charge is 0.480 e. The lowest BCUT2D eigenvalue weighted by atomic mass is 9.45. The maximum atomic E-state index is 13.4. The number of allylic oxidation sites excluding steroid dienone is 1. The van der Waals surface area contributed by atoms with Crippen molar-refractivity contribution in [1.82, 2.24) is 4.90 Å². The van der Waals surface area contributed by atoms with Crippen LogP contribution in [0, 0.1) is 28.6 Å². The van der Waals surface area contributed by atoms with Crippen molar-refractivity contribution >= 4 is 29.4 Å². The predicted octanol–water partition coefficient (Wildman–Crippen LogP) is 1.16. The molecule has 4 N–H and O–H groups in total. The van der Waals surface area contributed by atoms with Gasteiger partial charge in [-0.3, -0.25) is 19.2 Å². The summed E-state index contributed by atoms with van der Waals surface area (Å²) < 4.78 is 5.16. The molecule has 0 spiro atoms. The van der Waals surface area contributed by atoms with Crippen molar-refractivity contribution in [3.8, 4) is 0 Å². The fourth-order valence-electron chi connectivity index (χ4n) is 9.16. The molecule has 1 saturated heterocycles. The lowest BCUT2D eigenvalue weighted by Crippen LogP contribution is -2.62. The lowest BCUT2D eigenvalue weighted by molar-refractivity contribution is -0.184. The number of β-amino-alcohol motifs (C(OH)–C–C–N with tert-alkyl or cyclic N) is 1. The van der Waals surface area contributed by atoms with Crippen molar-refractivity contribution in [1.29, 1.82) is 0 Å². The van der Waals surface area contributed by atoms with Gasteiger partial charge in [-0.1, -0.05) is 19.4 Å². The minimum atomic E-state index is -1.78. The molecule has 1 aliphatic heterocycles. The van der Waals surface area contributed by atoms with E-state index in [4.69, 9.17) is 4.74 Å². The summed E-state index contributed by atoms with van der Waals surface area (Å²) in [4.78, 5) is 62.8. The van der Waals surface area contributed by atoms with Crippen LogP contribution in [-0.2, 0) is 28.7 Å². The molecule has 0 aromatic carbocycles. The van der Waals surface area contributed by atoms with E-state index < -0.39 is 59.5 Å². The molecule has 226 valence electrons. The Labute approximate surface area is 238 Å². The molecule has 0 aromatic rings. The molecular formula is C30H41NO10. The number of carbonyl (C=O) groups excluding carboxylic acids is 4. The molecular weight excluding hydrogens is 534 g/mol. The topological polar surface area (TPSA) is 179 Å². The number of Topliss-reactive ketones (excluding diaryl/α,β-unsaturated/α-hetero) is 1. The van der Waals surface area contributed by atoms with E-state index in [-0.39, 0.29) is 67.6 Å². The quantitative estimate of drug-likeness (QED) is 0.322. The zero-order chi connectivity index (χ0) is 29.9. The summed E-state index contributed by atoms with van der Waals surface area (Å²) in [5.74, 6) is -3.13. The van der Waals surface area contributed by atoms with Gasteiger partial charge in [-0.05, 0) is 67.8 Å². The number of esters is 1. The number of ether oxygens (including phenoxy) is 1. The Morgan fingerprint density at radius 2 is 1.80 bits per heavy atom. The van der Waals surface area contributed by atoms with E-state index in [9.17, 15) is 44.4 Å². The number of rotatable bonds is 7. The van der Waals surface area contributed by atoms with Gasteiger partial charge < -0.3 is 30.1 Å². The van der Waals surface area contributed by atoms with Crippen molar-refractivity contribution in [3.05, 3.63) is 11.6 Å². The number of carboxylic acid groups (broad SMARTS) is 1. The van der Waals surface area contributed by atoms with E-state index in [0.29, 0.717) is 19.3 Å². The SMILES string of the molecule is CC12CCC(=O)C=C1CCC1C2C(O)CC2(C)C1CCC2(O)C(=O)COC(=O)CCC(=O)N1CC(O)CC1C(=O)O. The number of nitrogens with zero attached hydrogens (tertiary/aromatic N) is 1. The van der Waals surface area contributed by atoms with Crippen LogP contribution in [0.4, 0.5) is 0 Å². The van der Waals surface area contributed by atoms with E-state index in [1.807, 2.05) is 6.92 Å². The maximum absolute atomic E-state index is 13.4. The highest BCUT2D eigenvalue weighted by atomic mass is 16.5. The highest BCUT2D eigenvalue weighted by molar-refractivity contribution is 5.92. The van der Waals surface area contributed by atoms with Crippen LogP contribution in [0.1, 0.15) is 78.1 Å². The van der Waals surface area contributed by atoms with Crippen LogP contribution in [0.5, 0.6) is 0 Å². The number of carboxylic acids is 1. The normalized spacial score (nSPS) is 41.6. The smallest absolute Gasteiger partial charge is 0.326 e. The Bertz CT molecular complexity index is 1180. The highest BCUT2D eigenvalue weighted by Crippen LogP contribution is 2.67. The molecule has 41 heavy (non-hydrogen) atoms. The van der Waals surface area contributed by atoms with E-state index >= 15 is 0 Å². The van der Waals surface area contributed by atoms with Gasteiger partial charge in [0.2, 0.25) is 11.7 Å². The van der Waals surface area contributed by atoms with Crippen molar-refractivity contribution in [2.75, 3.05) is 13.2 Å². The molecule has 4 aliphatic carbocycles. The van der Waals surface area contributed by atoms with E-state index in [2.05, 4.69) is 6.92 Å². The predicted molar refractivity (Wildman–Crippen MR) is 142 cm³/mol. The third-order valence-corrected chi connectivity index (χ3v) is 11.3. The van der Waals surface area contributed by atoms with Gasteiger partial charge >= 0.3 is 11.9 Å². The summed E-state index contributed by atoms with van der Waals surface area (Å²) >= 11 is 0. The third kappa shape index (κ3) is 4.83. The minimum absolute atomic E-state index is 0.00725. The fraction of sp³-hybridized carbons (Fsp3) is 0.767. The number of likely N-dealkylation sites (tertiary alicyclic amines) is 1. The minimum Gasteiger partial charge on any atom is -0.480 e. The number of ketones is 2. The van der Waals surface area contributed by atoms with Gasteiger partial charge in [0.25, 0.3) is 0 Å². The number of carbonyl (C=O) groups is 5.